The molecule has 0 spiro atoms. The first-order valence-electron chi connectivity index (χ1n) is 7.12. The normalized spacial score (nSPS) is 12.4. The van der Waals surface area contributed by atoms with E-state index < -0.39 is 0 Å². The minimum atomic E-state index is 0.131. The Morgan fingerprint density at radius 3 is 2.67 bits per heavy atom. The second-order valence-electron chi connectivity index (χ2n) is 5.24. The van der Waals surface area contributed by atoms with Crippen molar-refractivity contribution in [3.05, 3.63) is 62.9 Å². The lowest BCUT2D eigenvalue weighted by Crippen LogP contribution is -2.25. The molecule has 2 rings (SSSR count). The Balaban J connectivity index is 2.33. The number of rotatable bonds is 5. The maximum absolute atomic E-state index is 6.31. The van der Waals surface area contributed by atoms with Gasteiger partial charge in [-0.05, 0) is 49.6 Å². The van der Waals surface area contributed by atoms with Gasteiger partial charge in [0.2, 0.25) is 0 Å². The van der Waals surface area contributed by atoms with Gasteiger partial charge in [-0.15, -0.1) is 0 Å². The molecule has 1 aromatic heterocycles. The zero-order valence-electron chi connectivity index (χ0n) is 12.6. The lowest BCUT2D eigenvalue weighted by molar-refractivity contribution is 0.533. The van der Waals surface area contributed by atoms with Crippen molar-refractivity contribution >= 4 is 23.2 Å². The molecular formula is C17H20Cl2N2. The highest BCUT2D eigenvalue weighted by atomic mass is 35.5. The molecule has 1 N–H and O–H groups in total. The molecule has 0 radical (unpaired) electrons. The fourth-order valence-electron chi connectivity index (χ4n) is 2.53. The first kappa shape index (κ1) is 16.3. The molecule has 2 aromatic rings. The van der Waals surface area contributed by atoms with E-state index in [4.69, 9.17) is 23.2 Å². The minimum absolute atomic E-state index is 0.131. The Kier molecular flexibility index (Phi) is 5.63. The fourth-order valence-corrected chi connectivity index (χ4v) is 2.93. The van der Waals surface area contributed by atoms with Crippen LogP contribution in [0.3, 0.4) is 0 Å². The molecular weight excluding hydrogens is 303 g/mol. The summed E-state index contributed by atoms with van der Waals surface area (Å²) in [4.78, 5) is 4.61. The van der Waals surface area contributed by atoms with Gasteiger partial charge in [0, 0.05) is 6.20 Å². The van der Waals surface area contributed by atoms with Crippen LogP contribution in [-0.4, -0.2) is 11.5 Å². The maximum Gasteiger partial charge on any atom is 0.0625 e. The van der Waals surface area contributed by atoms with Crippen molar-refractivity contribution in [2.75, 3.05) is 6.54 Å². The van der Waals surface area contributed by atoms with Gasteiger partial charge in [0.25, 0.3) is 0 Å². The number of halogens is 2. The van der Waals surface area contributed by atoms with E-state index in [0.717, 1.165) is 24.2 Å². The van der Waals surface area contributed by atoms with Crippen molar-refractivity contribution in [1.82, 2.24) is 10.3 Å². The van der Waals surface area contributed by atoms with Gasteiger partial charge >= 0.3 is 0 Å². The summed E-state index contributed by atoms with van der Waals surface area (Å²) in [6, 6.07) is 8.05. The number of likely N-dealkylation sites (N-methyl/N-ethyl adjacent to an activating group) is 1. The van der Waals surface area contributed by atoms with E-state index in [9.17, 15) is 0 Å². The van der Waals surface area contributed by atoms with Crippen molar-refractivity contribution in [1.29, 1.82) is 0 Å². The monoisotopic (exact) mass is 322 g/mol. The van der Waals surface area contributed by atoms with Gasteiger partial charge in [-0.25, -0.2) is 0 Å². The van der Waals surface area contributed by atoms with Crippen LogP contribution in [0.2, 0.25) is 10.0 Å². The zero-order valence-corrected chi connectivity index (χ0v) is 14.1. The van der Waals surface area contributed by atoms with Gasteiger partial charge in [0.1, 0.15) is 0 Å². The van der Waals surface area contributed by atoms with Crippen LogP contribution in [0.1, 0.15) is 35.3 Å². The summed E-state index contributed by atoms with van der Waals surface area (Å²) in [5.41, 5.74) is 4.47. The van der Waals surface area contributed by atoms with Gasteiger partial charge in [-0.2, -0.15) is 0 Å². The molecule has 21 heavy (non-hydrogen) atoms. The topological polar surface area (TPSA) is 24.9 Å². The SMILES string of the molecule is CCNC(Cc1cccc(Cl)c1Cl)c1ncc(C)cc1C. The summed E-state index contributed by atoms with van der Waals surface area (Å²) in [7, 11) is 0. The first-order chi connectivity index (χ1) is 10.0. The van der Waals surface area contributed by atoms with Crippen LogP contribution in [-0.2, 0) is 6.42 Å². The van der Waals surface area contributed by atoms with E-state index in [2.05, 4.69) is 37.1 Å². The molecule has 0 amide bonds. The molecule has 0 bridgehead atoms. The molecule has 1 unspecified atom stereocenters. The zero-order chi connectivity index (χ0) is 15.4. The number of nitrogens with one attached hydrogen (secondary N) is 1. The summed E-state index contributed by atoms with van der Waals surface area (Å²) in [5.74, 6) is 0. The Hall–Kier alpha value is -1.09. The van der Waals surface area contributed by atoms with Gasteiger partial charge in [-0.1, -0.05) is 48.3 Å². The van der Waals surface area contributed by atoms with Gasteiger partial charge < -0.3 is 5.32 Å². The van der Waals surface area contributed by atoms with Gasteiger partial charge in [0.05, 0.1) is 21.8 Å². The summed E-state index contributed by atoms with van der Waals surface area (Å²) in [6.45, 7) is 7.12. The van der Waals surface area contributed by atoms with E-state index in [0.29, 0.717) is 10.0 Å². The lowest BCUT2D eigenvalue weighted by atomic mass is 9.99. The Morgan fingerprint density at radius 1 is 1.24 bits per heavy atom. The van der Waals surface area contributed by atoms with E-state index in [1.165, 1.54) is 11.1 Å². The number of pyridine rings is 1. The number of nitrogens with zero attached hydrogens (tertiary/aromatic N) is 1. The molecule has 2 nitrogen and oxygen atoms in total. The quantitative estimate of drug-likeness (QED) is 0.846. The molecule has 0 aliphatic heterocycles. The molecule has 0 saturated carbocycles. The van der Waals surface area contributed by atoms with Crippen LogP contribution in [0.25, 0.3) is 0 Å². The fraction of sp³-hybridized carbons (Fsp3) is 0.353. The number of hydrogen-bond donors (Lipinski definition) is 1. The molecule has 0 aliphatic rings. The van der Waals surface area contributed by atoms with Crippen LogP contribution < -0.4 is 5.32 Å². The molecule has 0 saturated heterocycles. The average Bonchev–Trinajstić information content (AvgIpc) is 2.43. The highest BCUT2D eigenvalue weighted by Crippen LogP contribution is 2.29. The molecule has 0 aliphatic carbocycles. The van der Waals surface area contributed by atoms with Crippen molar-refractivity contribution in [2.45, 2.75) is 33.2 Å². The van der Waals surface area contributed by atoms with Crippen LogP contribution in [0.15, 0.2) is 30.5 Å². The molecule has 112 valence electrons. The van der Waals surface area contributed by atoms with E-state index in [1.807, 2.05) is 24.4 Å². The highest BCUT2D eigenvalue weighted by molar-refractivity contribution is 6.42. The maximum atomic E-state index is 6.31. The standard InChI is InChI=1S/C17H20Cl2N2/c1-4-20-15(17-12(3)8-11(2)10-21-17)9-13-6-5-7-14(18)16(13)19/h5-8,10,15,20H,4,9H2,1-3H3. The Morgan fingerprint density at radius 2 is 2.00 bits per heavy atom. The van der Waals surface area contributed by atoms with Crippen LogP contribution in [0.4, 0.5) is 0 Å². The van der Waals surface area contributed by atoms with Crippen molar-refractivity contribution in [3.63, 3.8) is 0 Å². The van der Waals surface area contributed by atoms with E-state index in [1.54, 1.807) is 0 Å². The third kappa shape index (κ3) is 3.97. The van der Waals surface area contributed by atoms with Crippen LogP contribution in [0, 0.1) is 13.8 Å². The number of aromatic nitrogens is 1. The summed E-state index contributed by atoms with van der Waals surface area (Å²) < 4.78 is 0. The van der Waals surface area contributed by atoms with Crippen LogP contribution >= 0.6 is 23.2 Å². The smallest absolute Gasteiger partial charge is 0.0625 e. The molecule has 1 heterocycles. The number of hydrogen-bond acceptors (Lipinski definition) is 2. The Bertz CT molecular complexity index is 626. The molecule has 1 atom stereocenters. The van der Waals surface area contributed by atoms with Crippen molar-refractivity contribution < 1.29 is 0 Å². The second-order valence-corrected chi connectivity index (χ2v) is 6.03. The van der Waals surface area contributed by atoms with E-state index in [-0.39, 0.29) is 6.04 Å². The summed E-state index contributed by atoms with van der Waals surface area (Å²) >= 11 is 12.4. The van der Waals surface area contributed by atoms with Crippen molar-refractivity contribution in [2.24, 2.45) is 0 Å². The molecule has 0 fully saturated rings. The summed E-state index contributed by atoms with van der Waals surface area (Å²) in [6.07, 6.45) is 2.68. The largest absolute Gasteiger partial charge is 0.309 e. The number of benzene rings is 1. The predicted molar refractivity (Wildman–Crippen MR) is 90.3 cm³/mol. The minimum Gasteiger partial charge on any atom is -0.309 e. The van der Waals surface area contributed by atoms with Gasteiger partial charge in [0.15, 0.2) is 0 Å². The third-order valence-electron chi connectivity index (χ3n) is 3.49. The van der Waals surface area contributed by atoms with Gasteiger partial charge in [-0.3, -0.25) is 4.98 Å². The second kappa shape index (κ2) is 7.26. The van der Waals surface area contributed by atoms with E-state index >= 15 is 0 Å². The predicted octanol–water partition coefficient (Wildman–Crippen LogP) is 4.90. The van der Waals surface area contributed by atoms with Crippen molar-refractivity contribution in [3.8, 4) is 0 Å². The highest BCUT2D eigenvalue weighted by Gasteiger charge is 2.17. The molecule has 1 aromatic carbocycles. The lowest BCUT2D eigenvalue weighted by Gasteiger charge is -2.20. The number of aryl methyl sites for hydroxylation is 2. The van der Waals surface area contributed by atoms with Crippen LogP contribution in [0.5, 0.6) is 0 Å². The summed E-state index contributed by atoms with van der Waals surface area (Å²) in [5, 5.41) is 4.72. The average molecular weight is 323 g/mol. The third-order valence-corrected chi connectivity index (χ3v) is 4.35. The first-order valence-corrected chi connectivity index (χ1v) is 7.88. The molecule has 4 heteroatoms. The Labute approximate surface area is 136 Å².